The van der Waals surface area contributed by atoms with Crippen LogP contribution in [0.4, 0.5) is 4.79 Å². The predicted octanol–water partition coefficient (Wildman–Crippen LogP) is 2.33. The number of hydrogen-bond donors (Lipinski definition) is 2. The fourth-order valence-corrected chi connectivity index (χ4v) is 2.32. The Morgan fingerprint density at radius 2 is 2.00 bits per heavy atom. The van der Waals surface area contributed by atoms with E-state index < -0.39 is 24.0 Å². The van der Waals surface area contributed by atoms with E-state index in [1.54, 1.807) is 0 Å². The highest BCUT2D eigenvalue weighted by molar-refractivity contribution is 5.74. The lowest BCUT2D eigenvalue weighted by Crippen LogP contribution is -2.40. The van der Waals surface area contributed by atoms with Crippen LogP contribution in [-0.4, -0.2) is 23.2 Å². The minimum absolute atomic E-state index is 0.165. The topological polar surface area (TPSA) is 75.6 Å². The summed E-state index contributed by atoms with van der Waals surface area (Å²) in [5, 5.41) is 11.7. The molecule has 2 N–H and O–H groups in total. The number of alkyl carbamates (subject to hydrolysis) is 1. The van der Waals surface area contributed by atoms with E-state index in [-0.39, 0.29) is 6.61 Å². The molecule has 1 aliphatic carbocycles. The van der Waals surface area contributed by atoms with Crippen molar-refractivity contribution in [2.45, 2.75) is 25.5 Å². The van der Waals surface area contributed by atoms with Gasteiger partial charge in [0.25, 0.3) is 0 Å². The summed E-state index contributed by atoms with van der Waals surface area (Å²) in [5.74, 6) is -1.54. The Morgan fingerprint density at radius 1 is 1.30 bits per heavy atom. The zero-order chi connectivity index (χ0) is 14.5. The van der Waals surface area contributed by atoms with Gasteiger partial charge in [0, 0.05) is 6.04 Å². The van der Waals surface area contributed by atoms with Crippen molar-refractivity contribution in [2.24, 2.45) is 5.92 Å². The molecule has 5 nitrogen and oxygen atoms in total. The summed E-state index contributed by atoms with van der Waals surface area (Å²) < 4.78 is 5.08. The highest BCUT2D eigenvalue weighted by Crippen LogP contribution is 2.29. The largest absolute Gasteiger partial charge is 0.481 e. The Kier molecular flexibility index (Phi) is 4.40. The molecular formula is C15H17NO4. The predicted molar refractivity (Wildman–Crippen MR) is 73.1 cm³/mol. The number of nitrogens with one attached hydrogen (secondary N) is 1. The molecular weight excluding hydrogens is 258 g/mol. The van der Waals surface area contributed by atoms with Gasteiger partial charge >= 0.3 is 12.1 Å². The fourth-order valence-electron chi connectivity index (χ4n) is 2.32. The standard InChI is InChI=1S/C15H17NO4/c1-10-7-12(14(17)18)13(8-10)16-15(19)20-9-11-5-3-2-4-6-11/h2-6,12-13H,1,7-9H2,(H,16,19)(H,17,18)/t12-,13+/m0/s1. The first-order chi connectivity index (χ1) is 9.56. The smallest absolute Gasteiger partial charge is 0.407 e. The van der Waals surface area contributed by atoms with Gasteiger partial charge in [-0.15, -0.1) is 0 Å². The summed E-state index contributed by atoms with van der Waals surface area (Å²) >= 11 is 0. The number of ether oxygens (including phenoxy) is 1. The number of hydrogen-bond acceptors (Lipinski definition) is 3. The monoisotopic (exact) mass is 275 g/mol. The molecule has 1 aliphatic rings. The Labute approximate surface area is 117 Å². The fraction of sp³-hybridized carbons (Fsp3) is 0.333. The molecule has 1 amide bonds. The van der Waals surface area contributed by atoms with Crippen LogP contribution in [0.5, 0.6) is 0 Å². The molecule has 0 aliphatic heterocycles. The molecule has 0 radical (unpaired) electrons. The van der Waals surface area contributed by atoms with Gasteiger partial charge in [0.05, 0.1) is 5.92 Å². The number of carbonyl (C=O) groups excluding carboxylic acids is 1. The second-order valence-corrected chi connectivity index (χ2v) is 4.92. The summed E-state index contributed by atoms with van der Waals surface area (Å²) in [6.45, 7) is 3.95. The average molecular weight is 275 g/mol. The molecule has 0 saturated heterocycles. The Balaban J connectivity index is 1.85. The summed E-state index contributed by atoms with van der Waals surface area (Å²) in [5.41, 5.74) is 1.72. The SMILES string of the molecule is C=C1C[C@H](C(=O)O)[C@H](NC(=O)OCc2ccccc2)C1. The molecule has 0 bridgehead atoms. The highest BCUT2D eigenvalue weighted by Gasteiger charge is 2.36. The van der Waals surface area contributed by atoms with Crippen LogP contribution in [0.25, 0.3) is 0 Å². The molecule has 2 rings (SSSR count). The molecule has 0 aromatic heterocycles. The van der Waals surface area contributed by atoms with E-state index in [4.69, 9.17) is 9.84 Å². The van der Waals surface area contributed by atoms with E-state index in [2.05, 4.69) is 11.9 Å². The molecule has 0 unspecified atom stereocenters. The quantitative estimate of drug-likeness (QED) is 0.827. The van der Waals surface area contributed by atoms with Crippen molar-refractivity contribution in [3.05, 3.63) is 48.0 Å². The third kappa shape index (κ3) is 3.60. The first-order valence-corrected chi connectivity index (χ1v) is 6.43. The lowest BCUT2D eigenvalue weighted by atomic mass is 10.0. The maximum Gasteiger partial charge on any atom is 0.407 e. The molecule has 1 aromatic rings. The van der Waals surface area contributed by atoms with Gasteiger partial charge < -0.3 is 15.2 Å². The van der Waals surface area contributed by atoms with Crippen molar-refractivity contribution in [1.82, 2.24) is 5.32 Å². The van der Waals surface area contributed by atoms with Crippen LogP contribution in [0, 0.1) is 5.92 Å². The van der Waals surface area contributed by atoms with Crippen molar-refractivity contribution in [2.75, 3.05) is 0 Å². The maximum absolute atomic E-state index is 11.7. The number of rotatable bonds is 4. The molecule has 5 heteroatoms. The van der Waals surface area contributed by atoms with Crippen molar-refractivity contribution in [1.29, 1.82) is 0 Å². The third-order valence-electron chi connectivity index (χ3n) is 3.34. The van der Waals surface area contributed by atoms with Crippen molar-refractivity contribution < 1.29 is 19.4 Å². The average Bonchev–Trinajstić information content (AvgIpc) is 2.79. The minimum atomic E-state index is -0.919. The lowest BCUT2D eigenvalue weighted by molar-refractivity contribution is -0.142. The van der Waals surface area contributed by atoms with Crippen LogP contribution >= 0.6 is 0 Å². The van der Waals surface area contributed by atoms with Crippen molar-refractivity contribution in [3.8, 4) is 0 Å². The van der Waals surface area contributed by atoms with Crippen LogP contribution in [0.15, 0.2) is 42.5 Å². The zero-order valence-corrected chi connectivity index (χ0v) is 11.0. The Morgan fingerprint density at radius 3 is 2.65 bits per heavy atom. The van der Waals surface area contributed by atoms with E-state index in [1.165, 1.54) is 0 Å². The summed E-state index contributed by atoms with van der Waals surface area (Å²) in [6, 6.07) is 8.86. The normalized spacial score (nSPS) is 21.5. The van der Waals surface area contributed by atoms with Gasteiger partial charge in [-0.25, -0.2) is 4.79 Å². The summed E-state index contributed by atoms with van der Waals surface area (Å²) in [4.78, 5) is 22.8. The van der Waals surface area contributed by atoms with E-state index in [9.17, 15) is 9.59 Å². The van der Waals surface area contributed by atoms with Gasteiger partial charge in [-0.05, 0) is 18.4 Å². The number of benzene rings is 1. The summed E-state index contributed by atoms with van der Waals surface area (Å²) in [7, 11) is 0. The van der Waals surface area contributed by atoms with Gasteiger partial charge in [-0.1, -0.05) is 42.5 Å². The second kappa shape index (κ2) is 6.23. The molecule has 0 spiro atoms. The number of aliphatic carboxylic acids is 1. The number of amides is 1. The van der Waals surface area contributed by atoms with Gasteiger partial charge in [0.1, 0.15) is 6.61 Å². The van der Waals surface area contributed by atoms with Gasteiger partial charge in [0.15, 0.2) is 0 Å². The molecule has 1 aromatic carbocycles. The molecule has 106 valence electrons. The third-order valence-corrected chi connectivity index (χ3v) is 3.34. The van der Waals surface area contributed by atoms with Crippen LogP contribution in [0.3, 0.4) is 0 Å². The van der Waals surface area contributed by atoms with Crippen LogP contribution in [0.1, 0.15) is 18.4 Å². The lowest BCUT2D eigenvalue weighted by Gasteiger charge is -2.16. The van der Waals surface area contributed by atoms with Gasteiger partial charge in [-0.3, -0.25) is 4.79 Å². The van der Waals surface area contributed by atoms with E-state index in [0.717, 1.165) is 11.1 Å². The second-order valence-electron chi connectivity index (χ2n) is 4.92. The maximum atomic E-state index is 11.7. The minimum Gasteiger partial charge on any atom is -0.481 e. The van der Waals surface area contributed by atoms with Crippen LogP contribution in [-0.2, 0) is 16.1 Å². The molecule has 20 heavy (non-hydrogen) atoms. The van der Waals surface area contributed by atoms with E-state index in [1.807, 2.05) is 30.3 Å². The first-order valence-electron chi connectivity index (χ1n) is 6.43. The highest BCUT2D eigenvalue weighted by atomic mass is 16.5. The van der Waals surface area contributed by atoms with Crippen LogP contribution in [0.2, 0.25) is 0 Å². The molecule has 1 fully saturated rings. The van der Waals surface area contributed by atoms with E-state index in [0.29, 0.717) is 12.8 Å². The van der Waals surface area contributed by atoms with Crippen LogP contribution < -0.4 is 5.32 Å². The molecule has 2 atom stereocenters. The van der Waals surface area contributed by atoms with Crippen molar-refractivity contribution >= 4 is 12.1 Å². The number of carboxylic acids is 1. The van der Waals surface area contributed by atoms with Crippen molar-refractivity contribution in [3.63, 3.8) is 0 Å². The Hall–Kier alpha value is -2.30. The zero-order valence-electron chi connectivity index (χ0n) is 11.0. The first kappa shape index (κ1) is 14.1. The van der Waals surface area contributed by atoms with E-state index >= 15 is 0 Å². The molecule has 1 saturated carbocycles. The number of carbonyl (C=O) groups is 2. The summed E-state index contributed by atoms with van der Waals surface area (Å²) in [6.07, 6.45) is 0.288. The molecule has 0 heterocycles. The van der Waals surface area contributed by atoms with Gasteiger partial charge in [-0.2, -0.15) is 0 Å². The Bertz CT molecular complexity index is 512. The van der Waals surface area contributed by atoms with Gasteiger partial charge in [0.2, 0.25) is 0 Å². The number of carboxylic acid groups (broad SMARTS) is 1.